The van der Waals surface area contributed by atoms with Gasteiger partial charge in [0, 0.05) is 6.54 Å². The smallest absolute Gasteiger partial charge is 0.180 e. The van der Waals surface area contributed by atoms with E-state index in [-0.39, 0.29) is 17.2 Å². The van der Waals surface area contributed by atoms with Crippen LogP contribution in [0.25, 0.3) is 0 Å². The van der Waals surface area contributed by atoms with Gasteiger partial charge >= 0.3 is 0 Å². The molecule has 2 aromatic rings. The zero-order valence-corrected chi connectivity index (χ0v) is 13.7. The lowest BCUT2D eigenvalue weighted by atomic mass is 9.99. The van der Waals surface area contributed by atoms with Gasteiger partial charge in [0.1, 0.15) is 5.60 Å². The molecule has 114 valence electrons. The van der Waals surface area contributed by atoms with Gasteiger partial charge in [-0.05, 0) is 41.4 Å². The van der Waals surface area contributed by atoms with Crippen LogP contribution >= 0.6 is 11.3 Å². The fourth-order valence-electron chi connectivity index (χ4n) is 1.98. The molecule has 0 bridgehead atoms. The van der Waals surface area contributed by atoms with E-state index in [0.29, 0.717) is 5.69 Å². The standard InChI is InChI=1S/C15H19NO3S2/c1-3-21(18,19)14-7-5-4-6-13(14)16-11-15(2,17)12-8-9-20-10-12/h4-10,16-17H,3,11H2,1-2H3/t15-/m0/s1. The molecule has 0 aliphatic rings. The van der Waals surface area contributed by atoms with Gasteiger partial charge in [-0.2, -0.15) is 11.3 Å². The lowest BCUT2D eigenvalue weighted by Crippen LogP contribution is -2.30. The third-order valence-electron chi connectivity index (χ3n) is 3.37. The molecule has 2 rings (SSSR count). The van der Waals surface area contributed by atoms with Gasteiger partial charge in [0.25, 0.3) is 0 Å². The van der Waals surface area contributed by atoms with E-state index in [1.165, 1.54) is 11.3 Å². The van der Waals surface area contributed by atoms with Crippen LogP contribution < -0.4 is 5.32 Å². The van der Waals surface area contributed by atoms with E-state index in [2.05, 4.69) is 5.32 Å². The van der Waals surface area contributed by atoms with E-state index < -0.39 is 15.4 Å². The van der Waals surface area contributed by atoms with Crippen molar-refractivity contribution < 1.29 is 13.5 Å². The van der Waals surface area contributed by atoms with Crippen LogP contribution in [0.5, 0.6) is 0 Å². The fourth-order valence-corrected chi connectivity index (χ4v) is 3.83. The van der Waals surface area contributed by atoms with E-state index in [1.54, 1.807) is 38.1 Å². The SMILES string of the molecule is CCS(=O)(=O)c1ccccc1NC[C@](C)(O)c1ccsc1. The van der Waals surface area contributed by atoms with Crippen molar-refractivity contribution in [2.24, 2.45) is 0 Å². The molecule has 1 atom stereocenters. The van der Waals surface area contributed by atoms with Crippen molar-refractivity contribution in [3.63, 3.8) is 0 Å². The molecule has 1 aromatic heterocycles. The van der Waals surface area contributed by atoms with Gasteiger partial charge in [0.2, 0.25) is 0 Å². The molecule has 1 heterocycles. The van der Waals surface area contributed by atoms with Crippen molar-refractivity contribution in [3.8, 4) is 0 Å². The third-order valence-corrected chi connectivity index (χ3v) is 5.84. The van der Waals surface area contributed by atoms with Gasteiger partial charge in [0.05, 0.1) is 16.3 Å². The van der Waals surface area contributed by atoms with Gasteiger partial charge in [-0.1, -0.05) is 19.1 Å². The first-order valence-electron chi connectivity index (χ1n) is 6.67. The minimum absolute atomic E-state index is 0.0482. The van der Waals surface area contributed by atoms with Crippen molar-refractivity contribution in [3.05, 3.63) is 46.7 Å². The van der Waals surface area contributed by atoms with E-state index in [0.717, 1.165) is 5.56 Å². The Morgan fingerprint density at radius 1 is 1.29 bits per heavy atom. The Morgan fingerprint density at radius 2 is 2.00 bits per heavy atom. The second-order valence-electron chi connectivity index (χ2n) is 5.04. The minimum atomic E-state index is -3.29. The molecule has 6 heteroatoms. The van der Waals surface area contributed by atoms with E-state index >= 15 is 0 Å². The molecule has 0 amide bonds. The van der Waals surface area contributed by atoms with Gasteiger partial charge in [0.15, 0.2) is 9.84 Å². The van der Waals surface area contributed by atoms with Crippen molar-refractivity contribution in [1.82, 2.24) is 0 Å². The molecule has 4 nitrogen and oxygen atoms in total. The average Bonchev–Trinajstić information content (AvgIpc) is 3.00. The number of nitrogens with one attached hydrogen (secondary N) is 1. The Hall–Kier alpha value is -1.37. The summed E-state index contributed by atoms with van der Waals surface area (Å²) < 4.78 is 24.1. The van der Waals surface area contributed by atoms with E-state index in [1.807, 2.05) is 16.8 Å². The molecule has 0 saturated heterocycles. The molecule has 0 saturated carbocycles. The Labute approximate surface area is 129 Å². The highest BCUT2D eigenvalue weighted by atomic mass is 32.2. The second-order valence-corrected chi connectivity index (χ2v) is 8.07. The average molecular weight is 325 g/mol. The normalized spacial score (nSPS) is 14.6. The molecule has 0 fully saturated rings. The highest BCUT2D eigenvalue weighted by Gasteiger charge is 2.24. The second kappa shape index (κ2) is 6.17. The van der Waals surface area contributed by atoms with Crippen molar-refractivity contribution >= 4 is 26.9 Å². The van der Waals surface area contributed by atoms with Gasteiger partial charge in [-0.15, -0.1) is 0 Å². The van der Waals surface area contributed by atoms with Crippen molar-refractivity contribution in [2.45, 2.75) is 24.3 Å². The summed E-state index contributed by atoms with van der Waals surface area (Å²) in [6, 6.07) is 8.63. The van der Waals surface area contributed by atoms with Crippen molar-refractivity contribution in [1.29, 1.82) is 0 Å². The predicted molar refractivity (Wildman–Crippen MR) is 86.5 cm³/mol. The summed E-state index contributed by atoms with van der Waals surface area (Å²) in [6.45, 7) is 3.56. The lowest BCUT2D eigenvalue weighted by Gasteiger charge is -2.24. The number of benzene rings is 1. The first kappa shape index (κ1) is 16.0. The monoisotopic (exact) mass is 325 g/mol. The van der Waals surface area contributed by atoms with Crippen LogP contribution in [0.1, 0.15) is 19.4 Å². The summed E-state index contributed by atoms with van der Waals surface area (Å²) in [5.41, 5.74) is 0.286. The van der Waals surface area contributed by atoms with Crippen LogP contribution in [0.2, 0.25) is 0 Å². The quantitative estimate of drug-likeness (QED) is 0.857. The van der Waals surface area contributed by atoms with E-state index in [9.17, 15) is 13.5 Å². The third kappa shape index (κ3) is 3.64. The predicted octanol–water partition coefficient (Wildman–Crippen LogP) is 2.86. The lowest BCUT2D eigenvalue weighted by molar-refractivity contribution is 0.0719. The number of thiophene rings is 1. The molecule has 1 aromatic carbocycles. The summed E-state index contributed by atoms with van der Waals surface area (Å²) in [4.78, 5) is 0.272. The van der Waals surface area contributed by atoms with Crippen LogP contribution in [0.15, 0.2) is 46.0 Å². The molecular formula is C15H19NO3S2. The highest BCUT2D eigenvalue weighted by molar-refractivity contribution is 7.91. The van der Waals surface area contributed by atoms with Crippen LogP contribution in [0.4, 0.5) is 5.69 Å². The number of rotatable bonds is 6. The molecule has 0 spiro atoms. The number of hydrogen-bond donors (Lipinski definition) is 2. The van der Waals surface area contributed by atoms with Crippen LogP contribution in [-0.2, 0) is 15.4 Å². The fraction of sp³-hybridized carbons (Fsp3) is 0.333. The maximum absolute atomic E-state index is 12.1. The Bertz CT molecular complexity index is 691. The summed E-state index contributed by atoms with van der Waals surface area (Å²) in [5, 5.41) is 17.3. The zero-order valence-electron chi connectivity index (χ0n) is 12.0. The van der Waals surface area contributed by atoms with Crippen LogP contribution in [-0.4, -0.2) is 25.8 Å². The van der Waals surface area contributed by atoms with Gasteiger partial charge < -0.3 is 10.4 Å². The zero-order chi connectivity index (χ0) is 15.5. The van der Waals surface area contributed by atoms with Crippen LogP contribution in [0, 0.1) is 0 Å². The van der Waals surface area contributed by atoms with Crippen molar-refractivity contribution in [2.75, 3.05) is 17.6 Å². The summed E-state index contributed by atoms with van der Waals surface area (Å²) >= 11 is 1.52. The Morgan fingerprint density at radius 3 is 2.62 bits per heavy atom. The number of para-hydroxylation sites is 1. The molecular weight excluding hydrogens is 306 g/mol. The number of aliphatic hydroxyl groups is 1. The molecule has 0 aliphatic carbocycles. The number of anilines is 1. The van der Waals surface area contributed by atoms with Gasteiger partial charge in [-0.25, -0.2) is 8.42 Å². The molecule has 21 heavy (non-hydrogen) atoms. The maximum Gasteiger partial charge on any atom is 0.180 e. The van der Waals surface area contributed by atoms with Gasteiger partial charge in [-0.3, -0.25) is 0 Å². The maximum atomic E-state index is 12.1. The minimum Gasteiger partial charge on any atom is -0.384 e. The number of sulfone groups is 1. The molecule has 2 N–H and O–H groups in total. The summed E-state index contributed by atoms with van der Waals surface area (Å²) in [7, 11) is -3.29. The summed E-state index contributed by atoms with van der Waals surface area (Å²) in [6.07, 6.45) is 0. The largest absolute Gasteiger partial charge is 0.384 e. The first-order chi connectivity index (χ1) is 9.87. The topological polar surface area (TPSA) is 66.4 Å². The first-order valence-corrected chi connectivity index (χ1v) is 9.27. The number of hydrogen-bond acceptors (Lipinski definition) is 5. The highest BCUT2D eigenvalue weighted by Crippen LogP contribution is 2.26. The van der Waals surface area contributed by atoms with E-state index in [4.69, 9.17) is 0 Å². The molecule has 0 aliphatic heterocycles. The molecule has 0 unspecified atom stereocenters. The molecule has 0 radical (unpaired) electrons. The summed E-state index contributed by atoms with van der Waals surface area (Å²) in [5.74, 6) is 0.0482. The Balaban J connectivity index is 2.22. The van der Waals surface area contributed by atoms with Crippen LogP contribution in [0.3, 0.4) is 0 Å². The Kier molecular flexibility index (Phi) is 4.70.